The molecule has 2 aromatic heterocycles. The molecule has 1 aromatic carbocycles. The van der Waals surface area contributed by atoms with Crippen molar-refractivity contribution in [2.24, 2.45) is 5.92 Å². The molecule has 6 rings (SSSR count). The van der Waals surface area contributed by atoms with Gasteiger partial charge >= 0.3 is 243 Å². The average molecular weight is 619 g/mol. The standard InChI is InChI=1S/C32H38GeN2O6/c1-4-32(39)25-17-27-28-23(18-35(27)29(36)24(25)19-41-31(32)38)21(22-11-5-6-12-26(22)34-28)13-15-33(2,3)14-8-16-40-30(37)20-9-7-10-20/h5-6,11-12,17,20,39H,4,7-10,13-16,18-19H2,1-3H3/t32-/m0/s1. The topological polar surface area (TPSA) is 108 Å². The summed E-state index contributed by atoms with van der Waals surface area (Å²) in [7, 11) is 0. The first-order valence-corrected chi connectivity index (χ1v) is 22.0. The Kier molecular flexibility index (Phi) is 7.34. The molecule has 216 valence electrons. The molecule has 1 atom stereocenters. The van der Waals surface area contributed by atoms with E-state index >= 15 is 0 Å². The number of rotatable bonds is 9. The van der Waals surface area contributed by atoms with Gasteiger partial charge in [0.15, 0.2) is 0 Å². The summed E-state index contributed by atoms with van der Waals surface area (Å²) in [5.74, 6) is 4.26. The zero-order chi connectivity index (χ0) is 28.9. The van der Waals surface area contributed by atoms with Gasteiger partial charge in [0.1, 0.15) is 0 Å². The maximum absolute atomic E-state index is 13.7. The van der Waals surface area contributed by atoms with Crippen LogP contribution in [0.15, 0.2) is 35.1 Å². The predicted octanol–water partition coefficient (Wildman–Crippen LogP) is 5.06. The maximum atomic E-state index is 13.7. The number of esters is 2. The predicted molar refractivity (Wildman–Crippen MR) is 158 cm³/mol. The van der Waals surface area contributed by atoms with Crippen LogP contribution in [0, 0.1) is 5.92 Å². The van der Waals surface area contributed by atoms with E-state index in [0.717, 1.165) is 64.8 Å². The van der Waals surface area contributed by atoms with Crippen molar-refractivity contribution in [3.63, 3.8) is 0 Å². The minimum atomic E-state index is -2.18. The van der Waals surface area contributed by atoms with Gasteiger partial charge in [-0.25, -0.2) is 0 Å². The summed E-state index contributed by atoms with van der Waals surface area (Å²) in [4.78, 5) is 43.3. The van der Waals surface area contributed by atoms with Crippen molar-refractivity contribution < 1.29 is 24.2 Å². The number of aryl methyl sites for hydroxylation is 1. The monoisotopic (exact) mass is 620 g/mol. The number of fused-ring (bicyclic) bond motifs is 5. The van der Waals surface area contributed by atoms with E-state index in [1.165, 1.54) is 5.56 Å². The number of carbonyl (C=O) groups is 2. The number of hydrogen-bond donors (Lipinski definition) is 1. The molecule has 41 heavy (non-hydrogen) atoms. The number of para-hydroxylation sites is 1. The molecular formula is C32H38GeN2O6. The van der Waals surface area contributed by atoms with E-state index < -0.39 is 24.8 Å². The summed E-state index contributed by atoms with van der Waals surface area (Å²) >= 11 is -2.18. The molecule has 1 N–H and O–H groups in total. The molecule has 0 spiro atoms. The van der Waals surface area contributed by atoms with Crippen molar-refractivity contribution >= 4 is 36.1 Å². The number of carbonyl (C=O) groups excluding carboxylic acids is 2. The summed E-state index contributed by atoms with van der Waals surface area (Å²) in [6.45, 7) is 2.50. The number of nitrogens with zero attached hydrogens (tertiary/aromatic N) is 2. The molecule has 8 nitrogen and oxygen atoms in total. The number of aliphatic hydroxyl groups is 1. The van der Waals surface area contributed by atoms with Crippen LogP contribution in [0.25, 0.3) is 22.3 Å². The molecular weight excluding hydrogens is 581 g/mol. The van der Waals surface area contributed by atoms with Crippen LogP contribution in [0.4, 0.5) is 0 Å². The third-order valence-corrected chi connectivity index (χ3v) is 16.4. The van der Waals surface area contributed by atoms with Crippen LogP contribution in [0.1, 0.15) is 61.3 Å². The van der Waals surface area contributed by atoms with Crippen LogP contribution in [-0.4, -0.2) is 46.5 Å². The second-order valence-electron chi connectivity index (χ2n) is 12.6. The Hall–Kier alpha value is -2.98. The Morgan fingerprint density at radius 3 is 2.71 bits per heavy atom. The zero-order valence-electron chi connectivity index (χ0n) is 24.1. The molecule has 0 radical (unpaired) electrons. The fraction of sp³-hybridized carbons (Fsp3) is 0.500. The summed E-state index contributed by atoms with van der Waals surface area (Å²) in [5, 5.41) is 14.5. The Labute approximate surface area is 242 Å². The first-order valence-electron chi connectivity index (χ1n) is 14.9. The van der Waals surface area contributed by atoms with Crippen molar-refractivity contribution in [2.45, 2.75) is 86.2 Å². The molecule has 0 saturated heterocycles. The van der Waals surface area contributed by atoms with Crippen LogP contribution in [0.2, 0.25) is 22.0 Å². The van der Waals surface area contributed by atoms with Crippen LogP contribution in [0.3, 0.4) is 0 Å². The number of hydrogen-bond acceptors (Lipinski definition) is 7. The Bertz CT molecular complexity index is 1610. The molecule has 9 heteroatoms. The Morgan fingerprint density at radius 1 is 1.20 bits per heavy atom. The third-order valence-electron chi connectivity index (χ3n) is 9.45. The van der Waals surface area contributed by atoms with Crippen molar-refractivity contribution in [1.29, 1.82) is 0 Å². The normalized spacial score (nSPS) is 19.8. The number of pyridine rings is 2. The Balaban J connectivity index is 1.29. The van der Waals surface area contributed by atoms with Gasteiger partial charge in [0, 0.05) is 0 Å². The molecule has 0 bridgehead atoms. The van der Waals surface area contributed by atoms with Crippen LogP contribution < -0.4 is 5.56 Å². The van der Waals surface area contributed by atoms with Crippen molar-refractivity contribution in [1.82, 2.24) is 9.55 Å². The van der Waals surface area contributed by atoms with E-state index in [1.807, 2.05) is 18.2 Å². The molecule has 1 fully saturated rings. The molecule has 1 saturated carbocycles. The SMILES string of the molecule is CC[C@@]1(O)C(=O)OCc2c1cc1n(c2=O)Cc2c-1nc1ccccc1c2C[CH2][Ge]([CH3])([CH3])[CH2]CCOC(=O)C1CCC1. The molecule has 3 aromatic rings. The Morgan fingerprint density at radius 2 is 1.98 bits per heavy atom. The first kappa shape index (κ1) is 28.2. The number of benzene rings is 1. The minimum absolute atomic E-state index is 0.0230. The van der Waals surface area contributed by atoms with Gasteiger partial charge in [-0.15, -0.1) is 0 Å². The number of ether oxygens (including phenoxy) is 2. The van der Waals surface area contributed by atoms with Gasteiger partial charge in [0.2, 0.25) is 0 Å². The van der Waals surface area contributed by atoms with E-state index in [1.54, 1.807) is 17.6 Å². The van der Waals surface area contributed by atoms with Gasteiger partial charge in [-0.2, -0.15) is 0 Å². The van der Waals surface area contributed by atoms with Crippen molar-refractivity contribution in [3.8, 4) is 11.4 Å². The van der Waals surface area contributed by atoms with E-state index in [9.17, 15) is 19.5 Å². The van der Waals surface area contributed by atoms with Gasteiger partial charge in [-0.3, -0.25) is 0 Å². The van der Waals surface area contributed by atoms with E-state index in [2.05, 4.69) is 17.6 Å². The van der Waals surface area contributed by atoms with E-state index in [4.69, 9.17) is 14.5 Å². The van der Waals surface area contributed by atoms with E-state index in [-0.39, 0.29) is 30.5 Å². The fourth-order valence-electron chi connectivity index (χ4n) is 6.47. The third kappa shape index (κ3) is 4.93. The van der Waals surface area contributed by atoms with Gasteiger partial charge < -0.3 is 0 Å². The quantitative estimate of drug-likeness (QED) is 0.159. The van der Waals surface area contributed by atoms with Gasteiger partial charge in [0.25, 0.3) is 0 Å². The van der Waals surface area contributed by atoms with Gasteiger partial charge in [-0.1, -0.05) is 0 Å². The molecule has 0 amide bonds. The van der Waals surface area contributed by atoms with Crippen LogP contribution in [0.5, 0.6) is 0 Å². The van der Waals surface area contributed by atoms with E-state index in [0.29, 0.717) is 30.0 Å². The summed E-state index contributed by atoms with van der Waals surface area (Å²) in [6, 6.07) is 9.89. The van der Waals surface area contributed by atoms with Crippen molar-refractivity contribution in [3.05, 3.63) is 62.9 Å². The van der Waals surface area contributed by atoms with Crippen molar-refractivity contribution in [2.75, 3.05) is 6.61 Å². The van der Waals surface area contributed by atoms with Crippen LogP contribution >= 0.6 is 0 Å². The van der Waals surface area contributed by atoms with Gasteiger partial charge in [-0.05, 0) is 0 Å². The number of aromatic nitrogens is 2. The van der Waals surface area contributed by atoms with Crippen LogP contribution in [-0.2, 0) is 44.2 Å². The fourth-order valence-corrected chi connectivity index (χ4v) is 11.3. The molecule has 4 heterocycles. The summed E-state index contributed by atoms with van der Waals surface area (Å²) < 4.78 is 12.5. The molecule has 3 aliphatic rings. The number of cyclic esters (lactones) is 1. The molecule has 0 unspecified atom stereocenters. The molecule has 2 aliphatic heterocycles. The second kappa shape index (κ2) is 10.7. The summed E-state index contributed by atoms with van der Waals surface area (Å²) in [5.41, 5.74) is 3.14. The first-order chi connectivity index (χ1) is 19.6. The molecule has 1 aliphatic carbocycles. The van der Waals surface area contributed by atoms with Gasteiger partial charge in [0.05, 0.1) is 0 Å². The second-order valence-corrected chi connectivity index (χ2v) is 23.8. The summed E-state index contributed by atoms with van der Waals surface area (Å²) in [6.07, 6.45) is 4.99. The average Bonchev–Trinajstić information content (AvgIpc) is 3.29. The zero-order valence-corrected chi connectivity index (χ0v) is 26.2.